The van der Waals surface area contributed by atoms with Crippen LogP contribution in [0.1, 0.15) is 36.8 Å². The van der Waals surface area contributed by atoms with Crippen LogP contribution in [0, 0.1) is 6.92 Å². The molecule has 0 N–H and O–H groups in total. The number of carbonyl (C=O) groups excluding carboxylic acids is 2. The first kappa shape index (κ1) is 23.7. The zero-order valence-corrected chi connectivity index (χ0v) is 16.3. The van der Waals surface area contributed by atoms with E-state index in [0.29, 0.717) is 0 Å². The van der Waals surface area contributed by atoms with Crippen LogP contribution in [0.2, 0.25) is 0 Å². The fraction of sp³-hybridized carbons (Fsp3) is 0.391. The molecule has 2 aromatic rings. The minimum Gasteiger partial charge on any atom is -0.307 e. The predicted octanol–water partition coefficient (Wildman–Crippen LogP) is 4.73. The molecular weight excluding hydrogens is 322 g/mol. The molecule has 0 aromatic heterocycles. The van der Waals surface area contributed by atoms with E-state index in [0.717, 1.165) is 6.04 Å². The van der Waals surface area contributed by atoms with Gasteiger partial charge in [-0.1, -0.05) is 72.6 Å². The number of hydrogen-bond acceptors (Lipinski definition) is 3. The Morgan fingerprint density at radius 3 is 1.88 bits per heavy atom. The maximum atomic E-state index is 8.00. The second-order valence-electron chi connectivity index (χ2n) is 6.31. The van der Waals surface area contributed by atoms with Crippen LogP contribution in [0.3, 0.4) is 0 Å². The molecule has 1 atom stereocenters. The number of likely N-dealkylation sites (tertiary alicyclic amines) is 1. The topological polar surface area (TPSA) is 37.4 Å². The lowest BCUT2D eigenvalue weighted by atomic mass is 9.96. The van der Waals surface area contributed by atoms with Crippen molar-refractivity contribution < 1.29 is 9.59 Å². The summed E-state index contributed by atoms with van der Waals surface area (Å²) < 4.78 is 0. The Hall–Kier alpha value is -2.26. The van der Waals surface area contributed by atoms with Crippen LogP contribution in [0.4, 0.5) is 0 Å². The lowest BCUT2D eigenvalue weighted by molar-refractivity contribution is -0.0987. The van der Waals surface area contributed by atoms with E-state index in [1.54, 1.807) is 0 Å². The highest BCUT2D eigenvalue weighted by Gasteiger charge is 2.17. The molecule has 0 aliphatic carbocycles. The van der Waals surface area contributed by atoms with Crippen LogP contribution >= 0.6 is 0 Å². The van der Waals surface area contributed by atoms with E-state index < -0.39 is 0 Å². The minimum absolute atomic E-state index is 0.818. The number of nitrogens with zero attached hydrogens (tertiary/aromatic N) is 1. The van der Waals surface area contributed by atoms with E-state index in [9.17, 15) is 0 Å². The van der Waals surface area contributed by atoms with Crippen molar-refractivity contribution in [2.75, 3.05) is 13.6 Å². The summed E-state index contributed by atoms with van der Waals surface area (Å²) in [6, 6.07) is 21.9. The zero-order chi connectivity index (χ0) is 19.6. The van der Waals surface area contributed by atoms with Gasteiger partial charge in [0.05, 0.1) is 0 Å². The van der Waals surface area contributed by atoms with Crippen LogP contribution in [0.25, 0.3) is 0 Å². The van der Waals surface area contributed by atoms with Gasteiger partial charge in [0.1, 0.15) is 13.6 Å². The van der Waals surface area contributed by atoms with Gasteiger partial charge in [0.2, 0.25) is 0 Å². The molecule has 0 spiro atoms. The Morgan fingerprint density at radius 2 is 1.42 bits per heavy atom. The fourth-order valence-electron chi connectivity index (χ4n) is 3.02. The Labute approximate surface area is 159 Å². The highest BCUT2D eigenvalue weighted by atomic mass is 16.1. The number of piperidine rings is 1. The number of aryl methyl sites for hydroxylation is 2. The van der Waals surface area contributed by atoms with E-state index in [1.165, 1.54) is 49.8 Å². The van der Waals surface area contributed by atoms with Gasteiger partial charge in [0, 0.05) is 6.04 Å². The number of benzene rings is 2. The Kier molecular flexibility index (Phi) is 14.8. The molecule has 3 heteroatoms. The van der Waals surface area contributed by atoms with Crippen molar-refractivity contribution >= 4 is 13.6 Å². The third kappa shape index (κ3) is 10.6. The summed E-state index contributed by atoms with van der Waals surface area (Å²) in [4.78, 5) is 18.5. The average Bonchev–Trinajstić information content (AvgIpc) is 2.72. The number of rotatable bonds is 3. The molecule has 0 amide bonds. The van der Waals surface area contributed by atoms with Crippen molar-refractivity contribution in [3.05, 3.63) is 71.8 Å². The first-order valence-electron chi connectivity index (χ1n) is 9.09. The maximum absolute atomic E-state index is 8.00. The lowest BCUT2D eigenvalue weighted by Crippen LogP contribution is -2.36. The third-order valence-electron chi connectivity index (χ3n) is 4.47. The van der Waals surface area contributed by atoms with E-state index in [4.69, 9.17) is 9.59 Å². The zero-order valence-electron chi connectivity index (χ0n) is 16.3. The van der Waals surface area contributed by atoms with Crippen LogP contribution in [-0.2, 0) is 16.0 Å². The number of hydrogen-bond donors (Lipinski definition) is 0. The highest BCUT2D eigenvalue weighted by Crippen LogP contribution is 2.19. The van der Waals surface area contributed by atoms with E-state index in [-0.39, 0.29) is 0 Å². The largest absolute Gasteiger partial charge is 0.307 e. The van der Waals surface area contributed by atoms with Crippen molar-refractivity contribution in [2.45, 2.75) is 45.1 Å². The van der Waals surface area contributed by atoms with Gasteiger partial charge in [-0.2, -0.15) is 0 Å². The third-order valence-corrected chi connectivity index (χ3v) is 4.47. The van der Waals surface area contributed by atoms with Gasteiger partial charge in [-0.25, -0.2) is 0 Å². The molecule has 0 saturated carbocycles. The monoisotopic (exact) mass is 355 g/mol. The summed E-state index contributed by atoms with van der Waals surface area (Å²) >= 11 is 0. The van der Waals surface area contributed by atoms with Gasteiger partial charge < -0.3 is 14.5 Å². The smallest absolute Gasteiger partial charge is 0.106 e. The average molecular weight is 356 g/mol. The quantitative estimate of drug-likeness (QED) is 0.799. The molecule has 1 fully saturated rings. The molecule has 0 radical (unpaired) electrons. The van der Waals surface area contributed by atoms with Crippen LogP contribution in [0.5, 0.6) is 0 Å². The fourth-order valence-corrected chi connectivity index (χ4v) is 3.02. The summed E-state index contributed by atoms with van der Waals surface area (Å²) in [5, 5.41) is 0. The van der Waals surface area contributed by atoms with E-state index in [1.807, 2.05) is 31.8 Å². The summed E-state index contributed by atoms with van der Waals surface area (Å²) in [5.41, 5.74) is 2.80. The molecule has 1 heterocycles. The van der Waals surface area contributed by atoms with Crippen LogP contribution in [-0.4, -0.2) is 38.1 Å². The molecule has 142 valence electrons. The molecule has 1 aliphatic heterocycles. The van der Waals surface area contributed by atoms with Crippen molar-refractivity contribution in [1.29, 1.82) is 0 Å². The minimum atomic E-state index is 0.818. The molecule has 0 bridgehead atoms. The Morgan fingerprint density at radius 1 is 0.885 bits per heavy atom. The van der Waals surface area contributed by atoms with Gasteiger partial charge in [-0.05, 0) is 51.8 Å². The van der Waals surface area contributed by atoms with Gasteiger partial charge in [-0.3, -0.25) is 0 Å². The molecule has 3 rings (SSSR count). The standard InChI is InChI=1S/C14H21N.C7H8.2CH2O/c1-15-12-6-5-9-14(15)11-10-13-7-3-2-4-8-13;1-7-5-3-2-4-6-7;2*1-2/h2-4,7-8,14H,5-6,9-12H2,1H3;2-6H,1H3;2*1H2. The van der Waals surface area contributed by atoms with Gasteiger partial charge >= 0.3 is 0 Å². The van der Waals surface area contributed by atoms with Gasteiger partial charge in [-0.15, -0.1) is 0 Å². The molecule has 2 aromatic carbocycles. The number of carbonyl (C=O) groups is 2. The first-order valence-corrected chi connectivity index (χ1v) is 9.09. The SMILES string of the molecule is C=O.C=O.CN1CCCCC1CCc1ccccc1.Cc1ccccc1. The lowest BCUT2D eigenvalue weighted by Gasteiger charge is -2.32. The van der Waals surface area contributed by atoms with Crippen molar-refractivity contribution in [3.8, 4) is 0 Å². The van der Waals surface area contributed by atoms with Crippen LogP contribution < -0.4 is 0 Å². The van der Waals surface area contributed by atoms with Crippen molar-refractivity contribution in [2.24, 2.45) is 0 Å². The van der Waals surface area contributed by atoms with Gasteiger partial charge in [0.25, 0.3) is 0 Å². The molecule has 26 heavy (non-hydrogen) atoms. The maximum Gasteiger partial charge on any atom is 0.106 e. The van der Waals surface area contributed by atoms with Crippen molar-refractivity contribution in [1.82, 2.24) is 4.90 Å². The summed E-state index contributed by atoms with van der Waals surface area (Å²) in [5.74, 6) is 0. The summed E-state index contributed by atoms with van der Waals surface area (Å²) in [6.07, 6.45) is 6.75. The van der Waals surface area contributed by atoms with Gasteiger partial charge in [0.15, 0.2) is 0 Å². The second-order valence-corrected chi connectivity index (χ2v) is 6.31. The van der Waals surface area contributed by atoms with Crippen molar-refractivity contribution in [3.63, 3.8) is 0 Å². The Balaban J connectivity index is 0.000000477. The molecule has 1 unspecified atom stereocenters. The normalized spacial score (nSPS) is 15.8. The summed E-state index contributed by atoms with van der Waals surface area (Å²) in [7, 11) is 2.27. The highest BCUT2D eigenvalue weighted by molar-refractivity contribution is 5.15. The molecule has 3 nitrogen and oxygen atoms in total. The van der Waals surface area contributed by atoms with E-state index in [2.05, 4.69) is 61.3 Å². The first-order chi connectivity index (χ1) is 12.8. The van der Waals surface area contributed by atoms with E-state index >= 15 is 0 Å². The Bertz CT molecular complexity index is 543. The van der Waals surface area contributed by atoms with Crippen LogP contribution in [0.15, 0.2) is 60.7 Å². The molecule has 1 aliphatic rings. The summed E-state index contributed by atoms with van der Waals surface area (Å²) in [6.45, 7) is 7.37. The molecule has 1 saturated heterocycles. The second kappa shape index (κ2) is 16.2. The molecular formula is C23H33NO2. The predicted molar refractivity (Wildman–Crippen MR) is 110 cm³/mol.